The number of guanidine groups is 1. The third-order valence-electron chi connectivity index (χ3n) is 2.75. The lowest BCUT2D eigenvalue weighted by atomic mass is 10.2. The molecule has 0 amide bonds. The maximum Gasteiger partial charge on any atom is 0.191 e. The highest BCUT2D eigenvalue weighted by molar-refractivity contribution is 14.0. The van der Waals surface area contributed by atoms with Gasteiger partial charge in [-0.1, -0.05) is 15.9 Å². The number of ether oxygens (including phenoxy) is 1. The van der Waals surface area contributed by atoms with Gasteiger partial charge in [-0.3, -0.25) is 0 Å². The van der Waals surface area contributed by atoms with E-state index in [2.05, 4.69) is 20.9 Å². The summed E-state index contributed by atoms with van der Waals surface area (Å²) in [4.78, 5) is 6.17. The molecule has 1 fully saturated rings. The first-order valence-electron chi connectivity index (χ1n) is 5.73. The smallest absolute Gasteiger partial charge is 0.191 e. The quantitative estimate of drug-likeness (QED) is 0.433. The Kier molecular flexibility index (Phi) is 7.01. The first kappa shape index (κ1) is 16.6. The molecular formula is C12H16BrFIN3O. The lowest BCUT2D eigenvalue weighted by molar-refractivity contribution is 0.0674. The van der Waals surface area contributed by atoms with E-state index in [1.54, 1.807) is 12.1 Å². The lowest BCUT2D eigenvalue weighted by Gasteiger charge is -2.27. The zero-order chi connectivity index (χ0) is 13.0. The molecule has 2 rings (SSSR count). The molecule has 1 aromatic rings. The van der Waals surface area contributed by atoms with Crippen molar-refractivity contribution in [3.63, 3.8) is 0 Å². The van der Waals surface area contributed by atoms with Crippen molar-refractivity contribution in [2.24, 2.45) is 10.7 Å². The van der Waals surface area contributed by atoms with Gasteiger partial charge in [0.2, 0.25) is 0 Å². The molecule has 7 heteroatoms. The minimum atomic E-state index is -0.267. The molecule has 0 atom stereocenters. The third-order valence-corrected chi connectivity index (χ3v) is 3.25. The predicted octanol–water partition coefficient (Wildman–Crippen LogP) is 2.35. The van der Waals surface area contributed by atoms with Gasteiger partial charge in [0.1, 0.15) is 5.82 Å². The van der Waals surface area contributed by atoms with Crippen molar-refractivity contribution in [2.45, 2.75) is 6.54 Å². The molecule has 0 radical (unpaired) electrons. The molecule has 0 bridgehead atoms. The topological polar surface area (TPSA) is 50.8 Å². The van der Waals surface area contributed by atoms with Gasteiger partial charge in [0, 0.05) is 23.1 Å². The second kappa shape index (κ2) is 8.01. The molecule has 106 valence electrons. The van der Waals surface area contributed by atoms with Crippen LogP contribution in [0.4, 0.5) is 4.39 Å². The maximum absolute atomic E-state index is 13.5. The highest BCUT2D eigenvalue weighted by atomic mass is 127. The molecule has 1 aromatic carbocycles. The SMILES string of the molecule is I.NC(=NCc1cc(Br)ccc1F)N1CCOCC1. The molecule has 19 heavy (non-hydrogen) atoms. The number of nitrogens with zero attached hydrogens (tertiary/aromatic N) is 2. The zero-order valence-electron chi connectivity index (χ0n) is 10.3. The van der Waals surface area contributed by atoms with Gasteiger partial charge in [-0.05, 0) is 18.2 Å². The summed E-state index contributed by atoms with van der Waals surface area (Å²) < 4.78 is 19.6. The molecule has 0 spiro atoms. The van der Waals surface area contributed by atoms with Crippen molar-refractivity contribution in [3.05, 3.63) is 34.1 Å². The first-order chi connectivity index (χ1) is 8.66. The fourth-order valence-electron chi connectivity index (χ4n) is 1.72. The van der Waals surface area contributed by atoms with Gasteiger partial charge >= 0.3 is 0 Å². The van der Waals surface area contributed by atoms with E-state index in [1.807, 2.05) is 4.90 Å². The van der Waals surface area contributed by atoms with Crippen LogP contribution < -0.4 is 5.73 Å². The Morgan fingerprint density at radius 1 is 1.42 bits per heavy atom. The van der Waals surface area contributed by atoms with E-state index < -0.39 is 0 Å². The number of halogens is 3. The molecule has 1 aliphatic rings. The molecule has 0 saturated carbocycles. The molecule has 0 unspecified atom stereocenters. The average molecular weight is 444 g/mol. The molecule has 0 aliphatic carbocycles. The summed E-state index contributed by atoms with van der Waals surface area (Å²) >= 11 is 3.31. The van der Waals surface area contributed by atoms with Crippen LogP contribution in [0.1, 0.15) is 5.56 Å². The molecule has 1 aliphatic heterocycles. The van der Waals surface area contributed by atoms with Gasteiger partial charge in [-0.2, -0.15) is 0 Å². The van der Waals surface area contributed by atoms with Crippen molar-refractivity contribution in [2.75, 3.05) is 26.3 Å². The Labute approximate surface area is 137 Å². The average Bonchev–Trinajstić information content (AvgIpc) is 2.40. The highest BCUT2D eigenvalue weighted by Crippen LogP contribution is 2.16. The fraction of sp³-hybridized carbons (Fsp3) is 0.417. The van der Waals surface area contributed by atoms with E-state index in [0.29, 0.717) is 24.7 Å². The van der Waals surface area contributed by atoms with Crippen LogP contribution >= 0.6 is 39.9 Å². The Bertz CT molecular complexity index is 453. The minimum absolute atomic E-state index is 0. The third kappa shape index (κ3) is 4.88. The van der Waals surface area contributed by atoms with Crippen molar-refractivity contribution in [1.82, 2.24) is 4.90 Å². The molecule has 4 nitrogen and oxygen atoms in total. The minimum Gasteiger partial charge on any atom is -0.378 e. The Morgan fingerprint density at radius 3 is 2.79 bits per heavy atom. The Hall–Kier alpha value is -0.410. The van der Waals surface area contributed by atoms with Gasteiger partial charge in [0.15, 0.2) is 5.96 Å². The highest BCUT2D eigenvalue weighted by Gasteiger charge is 2.12. The van der Waals surface area contributed by atoms with E-state index >= 15 is 0 Å². The monoisotopic (exact) mass is 443 g/mol. The maximum atomic E-state index is 13.5. The van der Waals surface area contributed by atoms with E-state index in [1.165, 1.54) is 6.07 Å². The largest absolute Gasteiger partial charge is 0.378 e. The molecule has 1 heterocycles. The summed E-state index contributed by atoms with van der Waals surface area (Å²) in [7, 11) is 0. The van der Waals surface area contributed by atoms with Crippen LogP contribution in [0.3, 0.4) is 0 Å². The van der Waals surface area contributed by atoms with Crippen LogP contribution in [0.2, 0.25) is 0 Å². The van der Waals surface area contributed by atoms with Gasteiger partial charge in [0.25, 0.3) is 0 Å². The van der Waals surface area contributed by atoms with Gasteiger partial charge in [-0.15, -0.1) is 24.0 Å². The van der Waals surface area contributed by atoms with Crippen molar-refractivity contribution in [3.8, 4) is 0 Å². The zero-order valence-corrected chi connectivity index (χ0v) is 14.2. The number of hydrogen-bond donors (Lipinski definition) is 1. The molecule has 2 N–H and O–H groups in total. The van der Waals surface area contributed by atoms with Gasteiger partial charge in [0.05, 0.1) is 19.8 Å². The van der Waals surface area contributed by atoms with E-state index in [4.69, 9.17) is 10.5 Å². The molecule has 0 aromatic heterocycles. The second-order valence-corrected chi connectivity index (χ2v) is 4.93. The summed E-state index contributed by atoms with van der Waals surface area (Å²) in [5.74, 6) is 0.175. The van der Waals surface area contributed by atoms with E-state index in [0.717, 1.165) is 17.6 Å². The van der Waals surface area contributed by atoms with E-state index in [-0.39, 0.29) is 36.3 Å². The number of hydrogen-bond acceptors (Lipinski definition) is 2. The van der Waals surface area contributed by atoms with E-state index in [9.17, 15) is 4.39 Å². The molecule has 1 saturated heterocycles. The first-order valence-corrected chi connectivity index (χ1v) is 6.52. The summed E-state index contributed by atoms with van der Waals surface area (Å²) in [6.07, 6.45) is 0. The number of nitrogens with two attached hydrogens (primary N) is 1. The summed E-state index contributed by atoms with van der Waals surface area (Å²) in [5, 5.41) is 0. The predicted molar refractivity (Wildman–Crippen MR) is 87.2 cm³/mol. The normalized spacial score (nSPS) is 16.1. The second-order valence-electron chi connectivity index (χ2n) is 4.01. The summed E-state index contributed by atoms with van der Waals surface area (Å²) in [5.41, 5.74) is 6.40. The van der Waals surface area contributed by atoms with Crippen LogP contribution in [-0.4, -0.2) is 37.2 Å². The lowest BCUT2D eigenvalue weighted by Crippen LogP contribution is -2.44. The van der Waals surface area contributed by atoms with Gasteiger partial charge < -0.3 is 15.4 Å². The van der Waals surface area contributed by atoms with Crippen LogP contribution in [0, 0.1) is 5.82 Å². The van der Waals surface area contributed by atoms with Crippen LogP contribution in [-0.2, 0) is 11.3 Å². The van der Waals surface area contributed by atoms with Gasteiger partial charge in [-0.25, -0.2) is 9.38 Å². The summed E-state index contributed by atoms with van der Waals surface area (Å²) in [6.45, 7) is 3.02. The standard InChI is InChI=1S/C12H15BrFN3O.HI/c13-10-1-2-11(14)9(7-10)8-16-12(15)17-3-5-18-6-4-17;/h1-2,7H,3-6,8H2,(H2,15,16);1H. The number of benzene rings is 1. The summed E-state index contributed by atoms with van der Waals surface area (Å²) in [6, 6.07) is 4.79. The van der Waals surface area contributed by atoms with Crippen LogP contribution in [0.5, 0.6) is 0 Å². The number of aliphatic imine (C=N–C) groups is 1. The van der Waals surface area contributed by atoms with Crippen molar-refractivity contribution >= 4 is 45.9 Å². The Morgan fingerprint density at radius 2 is 2.11 bits per heavy atom. The number of rotatable bonds is 2. The van der Waals surface area contributed by atoms with Crippen LogP contribution in [0.15, 0.2) is 27.7 Å². The fourth-order valence-corrected chi connectivity index (χ4v) is 2.13. The van der Waals surface area contributed by atoms with Crippen molar-refractivity contribution < 1.29 is 9.13 Å². The Balaban J connectivity index is 0.00000180. The number of morpholine rings is 1. The van der Waals surface area contributed by atoms with Crippen LogP contribution in [0.25, 0.3) is 0 Å². The van der Waals surface area contributed by atoms with Crippen molar-refractivity contribution in [1.29, 1.82) is 0 Å². The molecular weight excluding hydrogens is 428 g/mol.